The molecule has 2 aromatic rings. The fourth-order valence-electron chi connectivity index (χ4n) is 2.09. The van der Waals surface area contributed by atoms with E-state index in [1.54, 1.807) is 0 Å². The van der Waals surface area contributed by atoms with Crippen molar-refractivity contribution in [3.63, 3.8) is 0 Å². The van der Waals surface area contributed by atoms with E-state index in [-0.39, 0.29) is 5.91 Å². The SMILES string of the molecule is CCNC(=O)CN(CC)Cc1cc(-c2ccccc2)on1. The molecule has 1 N–H and O–H groups in total. The molecular formula is C16H21N3O2. The average Bonchev–Trinajstić information content (AvgIpc) is 2.96. The van der Waals surface area contributed by atoms with Gasteiger partial charge in [0.25, 0.3) is 0 Å². The molecular weight excluding hydrogens is 266 g/mol. The summed E-state index contributed by atoms with van der Waals surface area (Å²) in [6, 6.07) is 11.8. The van der Waals surface area contributed by atoms with Gasteiger partial charge in [0.2, 0.25) is 5.91 Å². The Morgan fingerprint density at radius 2 is 2.05 bits per heavy atom. The molecule has 0 fully saturated rings. The van der Waals surface area contributed by atoms with Crippen LogP contribution in [0.4, 0.5) is 0 Å². The summed E-state index contributed by atoms with van der Waals surface area (Å²) < 4.78 is 5.37. The molecule has 0 bridgehead atoms. The Labute approximate surface area is 124 Å². The van der Waals surface area contributed by atoms with Crippen LogP contribution in [0.3, 0.4) is 0 Å². The number of nitrogens with one attached hydrogen (secondary N) is 1. The van der Waals surface area contributed by atoms with Gasteiger partial charge in [0, 0.05) is 24.7 Å². The number of hydrogen-bond donors (Lipinski definition) is 1. The summed E-state index contributed by atoms with van der Waals surface area (Å²) in [5.41, 5.74) is 1.84. The van der Waals surface area contributed by atoms with Gasteiger partial charge < -0.3 is 9.84 Å². The highest BCUT2D eigenvalue weighted by Gasteiger charge is 2.12. The van der Waals surface area contributed by atoms with Crippen molar-refractivity contribution in [3.05, 3.63) is 42.1 Å². The number of carbonyl (C=O) groups is 1. The van der Waals surface area contributed by atoms with Crippen molar-refractivity contribution in [1.29, 1.82) is 0 Å². The molecule has 0 saturated heterocycles. The predicted molar refractivity (Wildman–Crippen MR) is 81.6 cm³/mol. The summed E-state index contributed by atoms with van der Waals surface area (Å²) in [6.07, 6.45) is 0. The highest BCUT2D eigenvalue weighted by Crippen LogP contribution is 2.20. The van der Waals surface area contributed by atoms with Crippen molar-refractivity contribution in [2.45, 2.75) is 20.4 Å². The van der Waals surface area contributed by atoms with Gasteiger partial charge in [-0.15, -0.1) is 0 Å². The Bertz CT molecular complexity index is 566. The van der Waals surface area contributed by atoms with Crippen LogP contribution in [0.5, 0.6) is 0 Å². The number of hydrogen-bond acceptors (Lipinski definition) is 4. The molecule has 112 valence electrons. The topological polar surface area (TPSA) is 58.4 Å². The quantitative estimate of drug-likeness (QED) is 0.849. The molecule has 0 aliphatic rings. The Morgan fingerprint density at radius 3 is 2.71 bits per heavy atom. The number of carbonyl (C=O) groups excluding carboxylic acids is 1. The van der Waals surface area contributed by atoms with E-state index in [9.17, 15) is 4.79 Å². The first-order chi connectivity index (χ1) is 10.2. The second-order valence-electron chi connectivity index (χ2n) is 4.81. The molecule has 1 aromatic heterocycles. The van der Waals surface area contributed by atoms with Crippen LogP contribution in [0.1, 0.15) is 19.5 Å². The van der Waals surface area contributed by atoms with Crippen LogP contribution in [-0.4, -0.2) is 35.6 Å². The van der Waals surface area contributed by atoms with Crippen LogP contribution >= 0.6 is 0 Å². The normalized spacial score (nSPS) is 10.8. The van der Waals surface area contributed by atoms with Crippen LogP contribution < -0.4 is 5.32 Å². The van der Waals surface area contributed by atoms with E-state index in [1.165, 1.54) is 0 Å². The smallest absolute Gasteiger partial charge is 0.234 e. The largest absolute Gasteiger partial charge is 0.356 e. The van der Waals surface area contributed by atoms with E-state index in [2.05, 4.69) is 10.5 Å². The van der Waals surface area contributed by atoms with E-state index in [1.807, 2.05) is 55.1 Å². The minimum absolute atomic E-state index is 0.0335. The van der Waals surface area contributed by atoms with Crippen LogP contribution in [0.25, 0.3) is 11.3 Å². The first kappa shape index (κ1) is 15.3. The maximum Gasteiger partial charge on any atom is 0.234 e. The number of nitrogens with zero attached hydrogens (tertiary/aromatic N) is 2. The van der Waals surface area contributed by atoms with E-state index in [0.717, 1.165) is 23.6 Å². The maximum atomic E-state index is 11.6. The number of benzene rings is 1. The van der Waals surface area contributed by atoms with E-state index in [0.29, 0.717) is 19.6 Å². The zero-order valence-corrected chi connectivity index (χ0v) is 12.5. The maximum absolute atomic E-state index is 11.6. The summed E-state index contributed by atoms with van der Waals surface area (Å²) in [5, 5.41) is 6.89. The third-order valence-electron chi connectivity index (χ3n) is 3.19. The zero-order valence-electron chi connectivity index (χ0n) is 12.5. The number of rotatable bonds is 7. The second kappa shape index (κ2) is 7.59. The van der Waals surface area contributed by atoms with Crippen molar-refractivity contribution in [3.8, 4) is 11.3 Å². The van der Waals surface area contributed by atoms with Crippen LogP contribution in [-0.2, 0) is 11.3 Å². The zero-order chi connectivity index (χ0) is 15.1. The molecule has 1 heterocycles. The Balaban J connectivity index is 1.99. The van der Waals surface area contributed by atoms with Gasteiger partial charge in [-0.05, 0) is 13.5 Å². The molecule has 1 aromatic carbocycles. The lowest BCUT2D eigenvalue weighted by molar-refractivity contribution is -0.122. The van der Waals surface area contributed by atoms with Gasteiger partial charge in [-0.3, -0.25) is 9.69 Å². The average molecular weight is 287 g/mol. The minimum Gasteiger partial charge on any atom is -0.356 e. The Kier molecular flexibility index (Phi) is 5.51. The highest BCUT2D eigenvalue weighted by atomic mass is 16.5. The number of likely N-dealkylation sites (N-methyl/N-ethyl adjacent to an activating group) is 2. The van der Waals surface area contributed by atoms with Crippen LogP contribution in [0.2, 0.25) is 0 Å². The molecule has 0 radical (unpaired) electrons. The van der Waals surface area contributed by atoms with Gasteiger partial charge in [-0.1, -0.05) is 42.4 Å². The Morgan fingerprint density at radius 1 is 1.29 bits per heavy atom. The van der Waals surface area contributed by atoms with Crippen molar-refractivity contribution in [2.75, 3.05) is 19.6 Å². The highest BCUT2D eigenvalue weighted by molar-refractivity contribution is 5.77. The van der Waals surface area contributed by atoms with E-state index < -0.39 is 0 Å². The number of aromatic nitrogens is 1. The fourth-order valence-corrected chi connectivity index (χ4v) is 2.09. The molecule has 0 unspecified atom stereocenters. The fraction of sp³-hybridized carbons (Fsp3) is 0.375. The molecule has 0 spiro atoms. The van der Waals surface area contributed by atoms with Crippen molar-refractivity contribution < 1.29 is 9.32 Å². The van der Waals surface area contributed by atoms with Crippen molar-refractivity contribution in [2.24, 2.45) is 0 Å². The summed E-state index contributed by atoms with van der Waals surface area (Å²) in [4.78, 5) is 13.7. The van der Waals surface area contributed by atoms with E-state index >= 15 is 0 Å². The molecule has 2 rings (SSSR count). The van der Waals surface area contributed by atoms with Gasteiger partial charge in [-0.25, -0.2) is 0 Å². The van der Waals surface area contributed by atoms with Crippen LogP contribution in [0, 0.1) is 0 Å². The van der Waals surface area contributed by atoms with Gasteiger partial charge >= 0.3 is 0 Å². The molecule has 21 heavy (non-hydrogen) atoms. The van der Waals surface area contributed by atoms with E-state index in [4.69, 9.17) is 4.52 Å². The lowest BCUT2D eigenvalue weighted by Crippen LogP contribution is -2.36. The molecule has 0 aliphatic heterocycles. The van der Waals surface area contributed by atoms with Crippen molar-refractivity contribution in [1.82, 2.24) is 15.4 Å². The van der Waals surface area contributed by atoms with Crippen molar-refractivity contribution >= 4 is 5.91 Å². The lowest BCUT2D eigenvalue weighted by atomic mass is 10.1. The van der Waals surface area contributed by atoms with Gasteiger partial charge in [0.15, 0.2) is 5.76 Å². The Hall–Kier alpha value is -2.14. The predicted octanol–water partition coefficient (Wildman–Crippen LogP) is 2.30. The van der Waals surface area contributed by atoms with Gasteiger partial charge in [0.05, 0.1) is 12.2 Å². The minimum atomic E-state index is 0.0335. The molecule has 0 saturated carbocycles. The molecule has 1 amide bonds. The molecule has 0 aliphatic carbocycles. The summed E-state index contributed by atoms with van der Waals surface area (Å²) >= 11 is 0. The third-order valence-corrected chi connectivity index (χ3v) is 3.19. The third kappa shape index (κ3) is 4.43. The molecule has 5 nitrogen and oxygen atoms in total. The molecule has 5 heteroatoms. The summed E-state index contributed by atoms with van der Waals surface area (Å²) in [7, 11) is 0. The monoisotopic (exact) mass is 287 g/mol. The standard InChI is InChI=1S/C16H21N3O2/c1-3-17-16(20)12-19(4-2)11-14-10-15(21-18-14)13-8-6-5-7-9-13/h5-10H,3-4,11-12H2,1-2H3,(H,17,20). The van der Waals surface area contributed by atoms with Gasteiger partial charge in [0.1, 0.15) is 0 Å². The summed E-state index contributed by atoms with van der Waals surface area (Å²) in [5.74, 6) is 0.783. The van der Waals surface area contributed by atoms with Gasteiger partial charge in [-0.2, -0.15) is 0 Å². The second-order valence-corrected chi connectivity index (χ2v) is 4.81. The summed E-state index contributed by atoms with van der Waals surface area (Å²) in [6.45, 7) is 6.35. The first-order valence-corrected chi connectivity index (χ1v) is 7.23. The molecule has 0 atom stereocenters. The first-order valence-electron chi connectivity index (χ1n) is 7.23. The number of amides is 1. The van der Waals surface area contributed by atoms with Crippen LogP contribution in [0.15, 0.2) is 40.9 Å². The lowest BCUT2D eigenvalue weighted by Gasteiger charge is -2.17.